The predicted molar refractivity (Wildman–Crippen MR) is 45.2 cm³/mol. The van der Waals surface area contributed by atoms with E-state index >= 15 is 0 Å². The zero-order valence-corrected chi connectivity index (χ0v) is 6.97. The standard InChI is InChI=1S/C8H16N2O/c1-2-10-5-8-4-3-7(9)6-11-8/h4,7,10H,2-3,5-6,9H2,1H3/t7-/m1/s1. The number of nitrogens with one attached hydrogen (secondary N) is 1. The van der Waals surface area contributed by atoms with E-state index in [1.165, 1.54) is 0 Å². The molecule has 0 aromatic heterocycles. The van der Waals surface area contributed by atoms with E-state index in [4.69, 9.17) is 10.5 Å². The maximum atomic E-state index is 5.64. The molecule has 0 radical (unpaired) electrons. The zero-order valence-electron chi connectivity index (χ0n) is 6.97. The van der Waals surface area contributed by atoms with Crippen molar-refractivity contribution in [3.8, 4) is 0 Å². The van der Waals surface area contributed by atoms with Crippen LogP contribution in [-0.2, 0) is 4.74 Å². The molecule has 0 aliphatic carbocycles. The summed E-state index contributed by atoms with van der Waals surface area (Å²) in [6.45, 7) is 4.56. The zero-order chi connectivity index (χ0) is 8.10. The van der Waals surface area contributed by atoms with Crippen LogP contribution in [0.1, 0.15) is 13.3 Å². The molecule has 3 nitrogen and oxygen atoms in total. The third-order valence-corrected chi connectivity index (χ3v) is 1.68. The summed E-state index contributed by atoms with van der Waals surface area (Å²) in [6.07, 6.45) is 3.01. The van der Waals surface area contributed by atoms with Crippen molar-refractivity contribution in [2.24, 2.45) is 5.73 Å². The smallest absolute Gasteiger partial charge is 0.106 e. The summed E-state index contributed by atoms with van der Waals surface area (Å²) in [4.78, 5) is 0. The Bertz CT molecular complexity index is 145. The monoisotopic (exact) mass is 156 g/mol. The molecule has 1 aliphatic rings. The van der Waals surface area contributed by atoms with Gasteiger partial charge in [0.05, 0.1) is 6.54 Å². The van der Waals surface area contributed by atoms with Gasteiger partial charge >= 0.3 is 0 Å². The first kappa shape index (κ1) is 8.56. The van der Waals surface area contributed by atoms with Gasteiger partial charge in [0.1, 0.15) is 12.4 Å². The fourth-order valence-electron chi connectivity index (χ4n) is 0.995. The molecule has 0 bridgehead atoms. The third-order valence-electron chi connectivity index (χ3n) is 1.68. The number of hydrogen-bond donors (Lipinski definition) is 2. The topological polar surface area (TPSA) is 47.3 Å². The Morgan fingerprint density at radius 1 is 1.82 bits per heavy atom. The summed E-state index contributed by atoms with van der Waals surface area (Å²) in [5.41, 5.74) is 5.64. The van der Waals surface area contributed by atoms with Crippen LogP contribution >= 0.6 is 0 Å². The van der Waals surface area contributed by atoms with Gasteiger partial charge in [0.15, 0.2) is 0 Å². The van der Waals surface area contributed by atoms with Crippen LogP contribution in [0.15, 0.2) is 11.8 Å². The Morgan fingerprint density at radius 2 is 2.64 bits per heavy atom. The summed E-state index contributed by atoms with van der Waals surface area (Å²) < 4.78 is 5.37. The van der Waals surface area contributed by atoms with Crippen LogP contribution in [-0.4, -0.2) is 25.7 Å². The summed E-state index contributed by atoms with van der Waals surface area (Å²) in [5, 5.41) is 3.20. The molecule has 0 amide bonds. The molecule has 0 saturated carbocycles. The second kappa shape index (κ2) is 4.36. The Kier molecular flexibility index (Phi) is 3.39. The van der Waals surface area contributed by atoms with Crippen LogP contribution in [0, 0.1) is 0 Å². The van der Waals surface area contributed by atoms with Gasteiger partial charge in [-0.3, -0.25) is 0 Å². The number of nitrogens with two attached hydrogens (primary N) is 1. The fourth-order valence-corrected chi connectivity index (χ4v) is 0.995. The van der Waals surface area contributed by atoms with Gasteiger partial charge in [-0.1, -0.05) is 6.92 Å². The minimum absolute atomic E-state index is 0.195. The van der Waals surface area contributed by atoms with Crippen molar-refractivity contribution < 1.29 is 4.74 Å². The maximum Gasteiger partial charge on any atom is 0.106 e. The van der Waals surface area contributed by atoms with Gasteiger partial charge in [0.25, 0.3) is 0 Å². The van der Waals surface area contributed by atoms with Crippen LogP contribution in [0.3, 0.4) is 0 Å². The highest BCUT2D eigenvalue weighted by Crippen LogP contribution is 2.07. The van der Waals surface area contributed by atoms with Gasteiger partial charge in [-0.2, -0.15) is 0 Å². The minimum Gasteiger partial charge on any atom is -0.495 e. The summed E-state index contributed by atoms with van der Waals surface area (Å²) in [7, 11) is 0. The SMILES string of the molecule is CCNCC1=CC[C@@H](N)CO1. The van der Waals surface area contributed by atoms with E-state index in [2.05, 4.69) is 18.3 Å². The molecule has 0 saturated heterocycles. The van der Waals surface area contributed by atoms with Crippen molar-refractivity contribution in [2.45, 2.75) is 19.4 Å². The first-order valence-corrected chi connectivity index (χ1v) is 4.11. The number of rotatable bonds is 3. The van der Waals surface area contributed by atoms with Crippen molar-refractivity contribution in [1.29, 1.82) is 0 Å². The van der Waals surface area contributed by atoms with E-state index in [-0.39, 0.29) is 6.04 Å². The van der Waals surface area contributed by atoms with Crippen molar-refractivity contribution in [1.82, 2.24) is 5.32 Å². The average molecular weight is 156 g/mol. The quantitative estimate of drug-likeness (QED) is 0.615. The van der Waals surface area contributed by atoms with Crippen LogP contribution in [0.4, 0.5) is 0 Å². The molecular formula is C8H16N2O. The molecule has 0 aromatic carbocycles. The van der Waals surface area contributed by atoms with Gasteiger partial charge in [0, 0.05) is 6.04 Å². The lowest BCUT2D eigenvalue weighted by Gasteiger charge is -2.19. The third kappa shape index (κ3) is 2.91. The summed E-state index contributed by atoms with van der Waals surface area (Å²) in [6, 6.07) is 0.195. The van der Waals surface area contributed by atoms with Gasteiger partial charge in [-0.25, -0.2) is 0 Å². The van der Waals surface area contributed by atoms with Crippen molar-refractivity contribution in [3.63, 3.8) is 0 Å². The van der Waals surface area contributed by atoms with E-state index in [0.29, 0.717) is 6.61 Å². The van der Waals surface area contributed by atoms with E-state index in [0.717, 1.165) is 25.3 Å². The van der Waals surface area contributed by atoms with Crippen LogP contribution in [0.5, 0.6) is 0 Å². The first-order valence-electron chi connectivity index (χ1n) is 4.11. The molecule has 64 valence electrons. The van der Waals surface area contributed by atoms with Crippen molar-refractivity contribution in [3.05, 3.63) is 11.8 Å². The molecule has 3 N–H and O–H groups in total. The predicted octanol–water partition coefficient (Wildman–Crippen LogP) is 0.227. The van der Waals surface area contributed by atoms with Crippen molar-refractivity contribution >= 4 is 0 Å². The Morgan fingerprint density at radius 3 is 3.18 bits per heavy atom. The number of hydrogen-bond acceptors (Lipinski definition) is 3. The maximum absolute atomic E-state index is 5.64. The molecular weight excluding hydrogens is 140 g/mol. The Labute approximate surface area is 67.6 Å². The molecule has 1 heterocycles. The second-order valence-electron chi connectivity index (χ2n) is 2.76. The van der Waals surface area contributed by atoms with E-state index < -0.39 is 0 Å². The summed E-state index contributed by atoms with van der Waals surface area (Å²) >= 11 is 0. The molecule has 1 atom stereocenters. The van der Waals surface area contributed by atoms with Gasteiger partial charge in [-0.15, -0.1) is 0 Å². The van der Waals surface area contributed by atoms with Gasteiger partial charge < -0.3 is 15.8 Å². The lowest BCUT2D eigenvalue weighted by molar-refractivity contribution is 0.171. The molecule has 0 aromatic rings. The first-order chi connectivity index (χ1) is 5.33. The molecule has 0 unspecified atom stereocenters. The molecule has 0 spiro atoms. The fraction of sp³-hybridized carbons (Fsp3) is 0.750. The highest BCUT2D eigenvalue weighted by atomic mass is 16.5. The molecule has 11 heavy (non-hydrogen) atoms. The normalized spacial score (nSPS) is 24.2. The van der Waals surface area contributed by atoms with Gasteiger partial charge in [0.2, 0.25) is 0 Å². The van der Waals surface area contributed by atoms with E-state index in [9.17, 15) is 0 Å². The lowest BCUT2D eigenvalue weighted by Crippen LogP contribution is -2.30. The number of likely N-dealkylation sites (N-methyl/N-ethyl adjacent to an activating group) is 1. The molecule has 1 rings (SSSR count). The second-order valence-corrected chi connectivity index (χ2v) is 2.76. The summed E-state index contributed by atoms with van der Waals surface area (Å²) in [5.74, 6) is 1.04. The Hall–Kier alpha value is -0.540. The highest BCUT2D eigenvalue weighted by molar-refractivity contribution is 5.00. The average Bonchev–Trinajstić information content (AvgIpc) is 2.04. The number of ether oxygens (including phenoxy) is 1. The van der Waals surface area contributed by atoms with Gasteiger partial charge in [-0.05, 0) is 19.0 Å². The lowest BCUT2D eigenvalue weighted by atomic mass is 10.2. The molecule has 3 heteroatoms. The molecule has 0 fully saturated rings. The minimum atomic E-state index is 0.195. The van der Waals surface area contributed by atoms with E-state index in [1.54, 1.807) is 0 Å². The van der Waals surface area contributed by atoms with Crippen LogP contribution in [0.25, 0.3) is 0 Å². The van der Waals surface area contributed by atoms with Crippen molar-refractivity contribution in [2.75, 3.05) is 19.7 Å². The van der Waals surface area contributed by atoms with Crippen LogP contribution < -0.4 is 11.1 Å². The van der Waals surface area contributed by atoms with E-state index in [1.807, 2.05) is 0 Å². The largest absolute Gasteiger partial charge is 0.495 e. The van der Waals surface area contributed by atoms with Crippen LogP contribution in [0.2, 0.25) is 0 Å². The molecule has 1 aliphatic heterocycles. The Balaban J connectivity index is 2.24. The highest BCUT2D eigenvalue weighted by Gasteiger charge is 2.09.